The third kappa shape index (κ3) is 8.92. The monoisotopic (exact) mass is 519 g/mol. The number of aryl methyl sites for hydroxylation is 3. The van der Waals surface area contributed by atoms with Crippen molar-refractivity contribution >= 4 is 19.9 Å². The first-order valence-corrected chi connectivity index (χ1v) is 11.4. The quantitative estimate of drug-likeness (QED) is 0.225. The SMILES string of the molecule is CCc1ncnc(CCCc2ccc(Oc3ccc(C(F)(F)F)cn3)cc2)c1Cl.O=[P+]([O-])OO.[HH]. The highest BCUT2D eigenvalue weighted by Gasteiger charge is 2.30. The lowest BCUT2D eigenvalue weighted by atomic mass is 10.1. The van der Waals surface area contributed by atoms with Gasteiger partial charge >= 0.3 is 14.4 Å². The van der Waals surface area contributed by atoms with E-state index in [2.05, 4.69) is 19.6 Å². The van der Waals surface area contributed by atoms with E-state index in [9.17, 15) is 13.2 Å². The van der Waals surface area contributed by atoms with Crippen molar-refractivity contribution in [3.63, 3.8) is 0 Å². The fraction of sp³-hybridized carbons (Fsp3) is 0.286. The number of halogens is 4. The van der Waals surface area contributed by atoms with Crippen LogP contribution < -0.4 is 9.63 Å². The normalized spacial score (nSPS) is 11.4. The van der Waals surface area contributed by atoms with Crippen LogP contribution in [0, 0.1) is 0 Å². The molecule has 2 heterocycles. The Hall–Kier alpha value is -2.69. The van der Waals surface area contributed by atoms with E-state index in [4.69, 9.17) is 31.1 Å². The molecule has 0 bridgehead atoms. The number of alkyl halides is 3. The number of nitrogens with zero attached hydrogens (tertiary/aromatic N) is 3. The second-order valence-electron chi connectivity index (χ2n) is 6.72. The van der Waals surface area contributed by atoms with Crippen LogP contribution in [0.1, 0.15) is 37.3 Å². The molecule has 3 rings (SSSR count). The molecule has 2 aromatic heterocycles. The number of hydrogen-bond donors (Lipinski definition) is 1. The van der Waals surface area contributed by atoms with Gasteiger partial charge in [-0.2, -0.15) is 13.2 Å². The summed E-state index contributed by atoms with van der Waals surface area (Å²) in [6.45, 7) is 2.00. The Morgan fingerprint density at radius 1 is 1.09 bits per heavy atom. The van der Waals surface area contributed by atoms with Crippen LogP contribution in [0.4, 0.5) is 13.2 Å². The lowest BCUT2D eigenvalue weighted by Gasteiger charge is -2.09. The molecule has 3 aromatic rings. The average molecular weight is 520 g/mol. The minimum Gasteiger partial charge on any atom is -0.565 e. The van der Waals surface area contributed by atoms with Crippen LogP contribution in [0.2, 0.25) is 5.02 Å². The Morgan fingerprint density at radius 2 is 1.74 bits per heavy atom. The molecule has 0 radical (unpaired) electrons. The molecule has 0 aliphatic carbocycles. The Labute approximate surface area is 200 Å². The molecule has 13 heteroatoms. The molecule has 0 spiro atoms. The van der Waals surface area contributed by atoms with Gasteiger partial charge in [0, 0.05) is 18.4 Å². The molecule has 1 aromatic carbocycles. The standard InChI is InChI=1S/C21H19ClF3N3O.HO4P.H2/c1-2-17-20(22)18(28-13-27-17)5-3-4-14-6-9-16(10-7-14)29-19-11-8-15(12-26-19)21(23,24)25;1-4-5(2)3;/h6-13H,2-5H2,1H3;1H;1H. The topological polar surface area (TPSA) is 117 Å². The summed E-state index contributed by atoms with van der Waals surface area (Å²) in [5, 5.41) is 7.69. The smallest absolute Gasteiger partial charge is 0.521 e. The Balaban J connectivity index is 0.000000927. The summed E-state index contributed by atoms with van der Waals surface area (Å²) >= 11 is 6.31. The second-order valence-corrected chi connectivity index (χ2v) is 7.71. The maximum absolute atomic E-state index is 12.6. The van der Waals surface area contributed by atoms with Gasteiger partial charge < -0.3 is 9.63 Å². The second kappa shape index (κ2) is 13.3. The van der Waals surface area contributed by atoms with Gasteiger partial charge in [0.1, 0.15) is 12.1 Å². The lowest BCUT2D eigenvalue weighted by molar-refractivity contribution is -0.244. The highest BCUT2D eigenvalue weighted by Crippen LogP contribution is 2.30. The van der Waals surface area contributed by atoms with Gasteiger partial charge in [-0.05, 0) is 54.0 Å². The van der Waals surface area contributed by atoms with Crippen molar-refractivity contribution in [2.75, 3.05) is 0 Å². The van der Waals surface area contributed by atoms with E-state index in [0.717, 1.165) is 54.9 Å². The molecule has 0 fully saturated rings. The predicted octanol–water partition coefficient (Wildman–Crippen LogP) is 5.81. The van der Waals surface area contributed by atoms with Crippen LogP contribution in [0.25, 0.3) is 0 Å². The first-order chi connectivity index (χ1) is 16.1. The Morgan fingerprint density at radius 3 is 2.26 bits per heavy atom. The van der Waals surface area contributed by atoms with E-state index in [-0.39, 0.29) is 7.31 Å². The van der Waals surface area contributed by atoms with Crippen LogP contribution in [0.15, 0.2) is 48.9 Å². The van der Waals surface area contributed by atoms with Gasteiger partial charge in [-0.25, -0.2) is 20.2 Å². The van der Waals surface area contributed by atoms with Crippen LogP contribution in [-0.4, -0.2) is 20.2 Å². The number of hydrogen-bond acceptors (Lipinski definition) is 8. The third-order valence-electron chi connectivity index (χ3n) is 4.42. The molecule has 0 amide bonds. The van der Waals surface area contributed by atoms with E-state index < -0.39 is 20.0 Å². The molecule has 34 heavy (non-hydrogen) atoms. The van der Waals surface area contributed by atoms with Crippen molar-refractivity contribution in [1.82, 2.24) is 15.0 Å². The van der Waals surface area contributed by atoms with Gasteiger partial charge in [-0.15, -0.1) is 0 Å². The summed E-state index contributed by atoms with van der Waals surface area (Å²) < 4.78 is 54.8. The van der Waals surface area contributed by atoms with Gasteiger partial charge in [0.15, 0.2) is 0 Å². The van der Waals surface area contributed by atoms with Crippen molar-refractivity contribution in [2.45, 2.75) is 38.8 Å². The zero-order valence-electron chi connectivity index (χ0n) is 17.8. The predicted molar refractivity (Wildman–Crippen MR) is 118 cm³/mol. The van der Waals surface area contributed by atoms with Crippen LogP contribution >= 0.6 is 19.9 Å². The molecule has 0 saturated heterocycles. The minimum absolute atomic E-state index is 0. The average Bonchev–Trinajstić information content (AvgIpc) is 2.81. The molecule has 8 nitrogen and oxygen atoms in total. The van der Waals surface area contributed by atoms with E-state index in [0.29, 0.717) is 10.8 Å². The fourth-order valence-electron chi connectivity index (χ4n) is 2.78. The fourth-order valence-corrected chi connectivity index (χ4v) is 3.11. The van der Waals surface area contributed by atoms with Crippen molar-refractivity contribution in [3.8, 4) is 11.6 Å². The molecule has 1 unspecified atom stereocenters. The zero-order valence-corrected chi connectivity index (χ0v) is 19.5. The van der Waals surface area contributed by atoms with Gasteiger partial charge in [-0.1, -0.05) is 30.7 Å². The minimum atomic E-state index is -4.42. The summed E-state index contributed by atoms with van der Waals surface area (Å²) in [4.78, 5) is 21.1. The van der Waals surface area contributed by atoms with E-state index in [1.165, 1.54) is 6.07 Å². The molecule has 0 saturated carbocycles. The lowest BCUT2D eigenvalue weighted by Crippen LogP contribution is -2.05. The maximum Gasteiger partial charge on any atom is 0.521 e. The molecule has 1 N–H and O–H groups in total. The van der Waals surface area contributed by atoms with Crippen molar-refractivity contribution < 1.29 is 38.7 Å². The van der Waals surface area contributed by atoms with E-state index >= 15 is 0 Å². The zero-order chi connectivity index (χ0) is 25.1. The first-order valence-electron chi connectivity index (χ1n) is 9.88. The van der Waals surface area contributed by atoms with Crippen LogP contribution in [-0.2, 0) is 34.7 Å². The summed E-state index contributed by atoms with van der Waals surface area (Å²) in [5.41, 5.74) is 2.01. The summed E-state index contributed by atoms with van der Waals surface area (Å²) in [5.74, 6) is 0.614. The van der Waals surface area contributed by atoms with Gasteiger partial charge in [-0.3, -0.25) is 0 Å². The highest BCUT2D eigenvalue weighted by atomic mass is 35.5. The summed E-state index contributed by atoms with van der Waals surface area (Å²) in [6, 6.07) is 9.51. The number of ether oxygens (including phenoxy) is 1. The van der Waals surface area contributed by atoms with E-state index in [1.807, 2.05) is 19.1 Å². The van der Waals surface area contributed by atoms with Crippen molar-refractivity contribution in [2.24, 2.45) is 0 Å². The Bertz CT molecular complexity index is 1080. The van der Waals surface area contributed by atoms with Crippen LogP contribution in [0.3, 0.4) is 0 Å². The van der Waals surface area contributed by atoms with Gasteiger partial charge in [0.25, 0.3) is 0 Å². The highest BCUT2D eigenvalue weighted by molar-refractivity contribution is 7.30. The van der Waals surface area contributed by atoms with Gasteiger partial charge in [0.2, 0.25) is 5.88 Å². The molecular formula is C21H22ClF3N3O5P. The maximum atomic E-state index is 12.6. The Kier molecular flexibility index (Phi) is 10.7. The van der Waals surface area contributed by atoms with Crippen molar-refractivity contribution in [1.29, 1.82) is 0 Å². The van der Waals surface area contributed by atoms with Crippen LogP contribution in [0.5, 0.6) is 11.6 Å². The summed E-state index contributed by atoms with van der Waals surface area (Å²) in [6.07, 6.45) is 1.11. The first kappa shape index (κ1) is 27.6. The van der Waals surface area contributed by atoms with Gasteiger partial charge in [0.05, 0.1) is 22.0 Å². The summed E-state index contributed by atoms with van der Waals surface area (Å²) in [7, 11) is -3.04. The number of rotatable bonds is 8. The third-order valence-corrected chi connectivity index (χ3v) is 4.99. The molecule has 0 aliphatic heterocycles. The van der Waals surface area contributed by atoms with Crippen molar-refractivity contribution in [3.05, 3.63) is 76.5 Å². The molecule has 184 valence electrons. The number of pyridine rings is 1. The molecular weight excluding hydrogens is 498 g/mol. The largest absolute Gasteiger partial charge is 0.565 e. The molecule has 0 aliphatic rings. The number of aromatic nitrogens is 3. The number of benzene rings is 1. The van der Waals surface area contributed by atoms with E-state index in [1.54, 1.807) is 18.5 Å². The molecule has 1 atom stereocenters.